The molecule has 4 rings (SSSR count). The Morgan fingerprint density at radius 2 is 2.17 bits per heavy atom. The highest BCUT2D eigenvalue weighted by Gasteiger charge is 2.27. The largest absolute Gasteiger partial charge is 0.381 e. The zero-order chi connectivity index (χ0) is 16.4. The van der Waals surface area contributed by atoms with Crippen LogP contribution in [-0.4, -0.2) is 52.1 Å². The summed E-state index contributed by atoms with van der Waals surface area (Å²) in [6.45, 7) is 2.91. The van der Waals surface area contributed by atoms with Crippen molar-refractivity contribution >= 4 is 5.91 Å². The maximum Gasteiger partial charge on any atom is 0.255 e. The lowest BCUT2D eigenvalue weighted by Crippen LogP contribution is -2.33. The second kappa shape index (κ2) is 6.65. The van der Waals surface area contributed by atoms with Gasteiger partial charge in [-0.05, 0) is 30.5 Å². The maximum atomic E-state index is 12.7. The van der Waals surface area contributed by atoms with E-state index < -0.39 is 0 Å². The minimum atomic E-state index is 0.0367. The molecule has 6 heteroatoms. The minimum absolute atomic E-state index is 0.0367. The summed E-state index contributed by atoms with van der Waals surface area (Å²) in [5, 5.41) is 0. The number of pyridine rings is 1. The van der Waals surface area contributed by atoms with E-state index in [0.717, 1.165) is 43.9 Å². The quantitative estimate of drug-likeness (QED) is 0.839. The second-order valence-electron chi connectivity index (χ2n) is 6.28. The highest BCUT2D eigenvalue weighted by Crippen LogP contribution is 2.29. The molecular formula is C18H20N4O2. The monoisotopic (exact) mass is 324 g/mol. The summed E-state index contributed by atoms with van der Waals surface area (Å²) in [5.74, 6) is 0.400. The average Bonchev–Trinajstić information content (AvgIpc) is 3.08. The van der Waals surface area contributed by atoms with Gasteiger partial charge in [0.25, 0.3) is 5.91 Å². The first-order valence-corrected chi connectivity index (χ1v) is 8.42. The molecule has 2 aliphatic rings. The van der Waals surface area contributed by atoms with Gasteiger partial charge >= 0.3 is 0 Å². The van der Waals surface area contributed by atoms with Crippen LogP contribution in [0.25, 0.3) is 0 Å². The third-order valence-corrected chi connectivity index (χ3v) is 4.83. The Kier molecular flexibility index (Phi) is 4.21. The van der Waals surface area contributed by atoms with Crippen LogP contribution >= 0.6 is 0 Å². The van der Waals surface area contributed by atoms with Crippen molar-refractivity contribution in [3.05, 3.63) is 53.4 Å². The fraction of sp³-hybridized carbons (Fsp3) is 0.444. The SMILES string of the molecule is O=C(c1cccnc1)N1CCc2ncnc([C@H]3CCOC3)c2CC1. The summed E-state index contributed by atoms with van der Waals surface area (Å²) in [4.78, 5) is 27.6. The topological polar surface area (TPSA) is 68.2 Å². The van der Waals surface area contributed by atoms with Crippen LogP contribution in [0, 0.1) is 0 Å². The van der Waals surface area contributed by atoms with Gasteiger partial charge in [-0.25, -0.2) is 9.97 Å². The Morgan fingerprint density at radius 1 is 1.25 bits per heavy atom. The fourth-order valence-corrected chi connectivity index (χ4v) is 3.53. The van der Waals surface area contributed by atoms with Crippen molar-refractivity contribution in [2.75, 3.05) is 26.3 Å². The molecule has 1 atom stereocenters. The van der Waals surface area contributed by atoms with Crippen molar-refractivity contribution in [1.29, 1.82) is 0 Å². The van der Waals surface area contributed by atoms with E-state index >= 15 is 0 Å². The van der Waals surface area contributed by atoms with Crippen LogP contribution in [0.2, 0.25) is 0 Å². The standard InChI is InChI=1S/C18H20N4O2/c23-18(13-2-1-6-19-10-13)22-7-3-15-16(4-8-22)20-12-21-17(15)14-5-9-24-11-14/h1-2,6,10,12,14H,3-5,7-9,11H2/t14-/m0/s1. The van der Waals surface area contributed by atoms with E-state index in [1.54, 1.807) is 24.8 Å². The van der Waals surface area contributed by atoms with Crippen LogP contribution in [0.1, 0.15) is 39.6 Å². The molecule has 1 fully saturated rings. The third kappa shape index (κ3) is 2.89. The lowest BCUT2D eigenvalue weighted by molar-refractivity contribution is 0.0762. The number of fused-ring (bicyclic) bond motifs is 1. The number of hydrogen-bond donors (Lipinski definition) is 0. The molecule has 1 saturated heterocycles. The van der Waals surface area contributed by atoms with Crippen LogP contribution in [0.5, 0.6) is 0 Å². The van der Waals surface area contributed by atoms with Crippen LogP contribution in [0.3, 0.4) is 0 Å². The Labute approximate surface area is 140 Å². The maximum absolute atomic E-state index is 12.7. The molecule has 124 valence electrons. The van der Waals surface area contributed by atoms with Gasteiger partial charge in [0.1, 0.15) is 6.33 Å². The molecule has 0 bridgehead atoms. The van der Waals surface area contributed by atoms with Crippen molar-refractivity contribution in [2.45, 2.75) is 25.2 Å². The molecule has 0 N–H and O–H groups in total. The first-order chi connectivity index (χ1) is 11.8. The predicted molar refractivity (Wildman–Crippen MR) is 87.8 cm³/mol. The molecule has 2 aromatic rings. The molecule has 0 aromatic carbocycles. The summed E-state index contributed by atoms with van der Waals surface area (Å²) in [7, 11) is 0. The smallest absolute Gasteiger partial charge is 0.255 e. The van der Waals surface area contributed by atoms with E-state index in [4.69, 9.17) is 4.74 Å². The zero-order valence-electron chi connectivity index (χ0n) is 13.5. The number of ether oxygens (including phenoxy) is 1. The molecule has 2 aromatic heterocycles. The van der Waals surface area contributed by atoms with Gasteiger partial charge in [0, 0.05) is 50.1 Å². The number of carbonyl (C=O) groups excluding carboxylic acids is 1. The molecule has 0 unspecified atom stereocenters. The Balaban J connectivity index is 1.56. The van der Waals surface area contributed by atoms with E-state index in [9.17, 15) is 4.79 Å². The molecular weight excluding hydrogens is 304 g/mol. The normalized spacial score (nSPS) is 20.5. The van der Waals surface area contributed by atoms with Crippen molar-refractivity contribution in [3.8, 4) is 0 Å². The van der Waals surface area contributed by atoms with Gasteiger partial charge in [0.05, 0.1) is 17.9 Å². The molecule has 4 heterocycles. The number of aromatic nitrogens is 3. The predicted octanol–water partition coefficient (Wildman–Crippen LogP) is 1.62. The average molecular weight is 324 g/mol. The van der Waals surface area contributed by atoms with Gasteiger partial charge in [-0.1, -0.05) is 0 Å². The van der Waals surface area contributed by atoms with Gasteiger partial charge in [-0.2, -0.15) is 0 Å². The number of carbonyl (C=O) groups is 1. The van der Waals surface area contributed by atoms with Crippen LogP contribution < -0.4 is 0 Å². The van der Waals surface area contributed by atoms with Gasteiger partial charge in [0.15, 0.2) is 0 Å². The van der Waals surface area contributed by atoms with Gasteiger partial charge in [-0.3, -0.25) is 9.78 Å². The van der Waals surface area contributed by atoms with Gasteiger partial charge in [0.2, 0.25) is 0 Å². The van der Waals surface area contributed by atoms with E-state index in [2.05, 4.69) is 15.0 Å². The van der Waals surface area contributed by atoms with E-state index in [1.165, 1.54) is 5.56 Å². The van der Waals surface area contributed by atoms with Crippen molar-refractivity contribution in [1.82, 2.24) is 19.9 Å². The molecule has 0 aliphatic carbocycles. The number of hydrogen-bond acceptors (Lipinski definition) is 5. The summed E-state index contributed by atoms with van der Waals surface area (Å²) in [5.41, 5.74) is 4.05. The molecule has 2 aliphatic heterocycles. The number of rotatable bonds is 2. The third-order valence-electron chi connectivity index (χ3n) is 4.83. The summed E-state index contributed by atoms with van der Waals surface area (Å²) >= 11 is 0. The lowest BCUT2D eigenvalue weighted by atomic mass is 9.96. The van der Waals surface area contributed by atoms with Crippen molar-refractivity contribution < 1.29 is 9.53 Å². The zero-order valence-corrected chi connectivity index (χ0v) is 13.5. The summed E-state index contributed by atoms with van der Waals surface area (Å²) in [6.07, 6.45) is 7.55. The first-order valence-electron chi connectivity index (χ1n) is 8.42. The van der Waals surface area contributed by atoms with Gasteiger partial charge < -0.3 is 9.64 Å². The number of amides is 1. The lowest BCUT2D eigenvalue weighted by Gasteiger charge is -2.20. The Bertz CT molecular complexity index is 729. The van der Waals surface area contributed by atoms with E-state index in [0.29, 0.717) is 24.6 Å². The summed E-state index contributed by atoms with van der Waals surface area (Å²) < 4.78 is 5.52. The Hall–Kier alpha value is -2.34. The molecule has 6 nitrogen and oxygen atoms in total. The molecule has 24 heavy (non-hydrogen) atoms. The number of nitrogens with zero attached hydrogens (tertiary/aromatic N) is 4. The first kappa shape index (κ1) is 15.2. The van der Waals surface area contributed by atoms with Crippen LogP contribution in [-0.2, 0) is 17.6 Å². The van der Waals surface area contributed by atoms with Gasteiger partial charge in [-0.15, -0.1) is 0 Å². The molecule has 0 spiro atoms. The molecule has 1 amide bonds. The second-order valence-corrected chi connectivity index (χ2v) is 6.28. The Morgan fingerprint density at radius 3 is 2.96 bits per heavy atom. The van der Waals surface area contributed by atoms with E-state index in [-0.39, 0.29) is 5.91 Å². The highest BCUT2D eigenvalue weighted by atomic mass is 16.5. The van der Waals surface area contributed by atoms with E-state index in [1.807, 2.05) is 11.0 Å². The highest BCUT2D eigenvalue weighted by molar-refractivity contribution is 5.93. The van der Waals surface area contributed by atoms with Crippen molar-refractivity contribution in [3.63, 3.8) is 0 Å². The fourth-order valence-electron chi connectivity index (χ4n) is 3.53. The minimum Gasteiger partial charge on any atom is -0.381 e. The van der Waals surface area contributed by atoms with Crippen LogP contribution in [0.15, 0.2) is 30.9 Å². The van der Waals surface area contributed by atoms with Crippen molar-refractivity contribution in [2.24, 2.45) is 0 Å². The summed E-state index contributed by atoms with van der Waals surface area (Å²) in [6, 6.07) is 3.61. The molecule has 0 radical (unpaired) electrons. The van der Waals surface area contributed by atoms with Crippen LogP contribution in [0.4, 0.5) is 0 Å². The molecule has 0 saturated carbocycles.